The summed E-state index contributed by atoms with van der Waals surface area (Å²) in [6.07, 6.45) is 7.78. The molecule has 0 bridgehead atoms. The largest absolute Gasteiger partial charge is 0.494 e. The minimum absolute atomic E-state index is 0.152. The molecule has 0 aliphatic rings. The number of ether oxygens (including phenoxy) is 1. The molecule has 0 unspecified atom stereocenters. The fourth-order valence-corrected chi connectivity index (χ4v) is 3.83. The number of benzene rings is 2. The molecule has 0 N–H and O–H groups in total. The lowest BCUT2D eigenvalue weighted by atomic mass is 10.1. The number of aryl methyl sites for hydroxylation is 1. The predicted octanol–water partition coefficient (Wildman–Crippen LogP) is 4.36. The molecule has 2 aromatic heterocycles. The fraction of sp³-hybridized carbons (Fsp3) is 0.208. The number of hydrogen-bond acceptors (Lipinski definition) is 5. The third-order valence-electron chi connectivity index (χ3n) is 4.64. The fourth-order valence-electron chi connectivity index (χ4n) is 2.91. The molecule has 30 heavy (non-hydrogen) atoms. The van der Waals surface area contributed by atoms with Gasteiger partial charge in [0.15, 0.2) is 5.82 Å². The molecular formula is C24H23N3O2S. The van der Waals surface area contributed by atoms with Crippen molar-refractivity contribution in [2.75, 3.05) is 6.61 Å². The van der Waals surface area contributed by atoms with Gasteiger partial charge >= 0.3 is 0 Å². The van der Waals surface area contributed by atoms with Crippen molar-refractivity contribution in [2.45, 2.75) is 26.7 Å². The Hall–Kier alpha value is -3.25. The van der Waals surface area contributed by atoms with E-state index in [0.29, 0.717) is 15.3 Å². The summed E-state index contributed by atoms with van der Waals surface area (Å²) in [5.41, 5.74) is 3.07. The zero-order chi connectivity index (χ0) is 20.9. The lowest BCUT2D eigenvalue weighted by Crippen LogP contribution is -2.23. The molecule has 0 spiro atoms. The Bertz CT molecular complexity index is 1270. The molecule has 0 saturated carbocycles. The van der Waals surface area contributed by atoms with E-state index in [0.717, 1.165) is 36.3 Å². The second kappa shape index (κ2) is 9.05. The summed E-state index contributed by atoms with van der Waals surface area (Å²) in [5.74, 6) is 1.37. The van der Waals surface area contributed by atoms with Crippen LogP contribution in [-0.2, 0) is 0 Å². The Balaban J connectivity index is 1.53. The standard InChI is InChI=1S/C24H23N3O2S/c1-3-4-15-29-20-12-9-19(10-13-20)16-21-23(28)27-24(30-21)25-22(26-27)14-11-18-7-5-17(2)6-8-18/h5-14,16H,3-4,15H2,1-2H3/b14-11+,21-16+. The predicted molar refractivity (Wildman–Crippen MR) is 123 cm³/mol. The first-order chi connectivity index (χ1) is 14.6. The number of hydrogen-bond donors (Lipinski definition) is 0. The van der Waals surface area contributed by atoms with Crippen LogP contribution < -0.4 is 14.8 Å². The number of nitrogens with zero attached hydrogens (tertiary/aromatic N) is 3. The van der Waals surface area contributed by atoms with Crippen LogP contribution in [0.3, 0.4) is 0 Å². The highest BCUT2D eigenvalue weighted by atomic mass is 32.1. The molecule has 4 aromatic rings. The summed E-state index contributed by atoms with van der Waals surface area (Å²) >= 11 is 1.34. The highest BCUT2D eigenvalue weighted by Gasteiger charge is 2.08. The van der Waals surface area contributed by atoms with E-state index in [2.05, 4.69) is 36.1 Å². The summed E-state index contributed by atoms with van der Waals surface area (Å²) < 4.78 is 7.66. The van der Waals surface area contributed by atoms with Gasteiger partial charge in [0.2, 0.25) is 4.96 Å². The van der Waals surface area contributed by atoms with Crippen LogP contribution in [0.25, 0.3) is 23.2 Å². The summed E-state index contributed by atoms with van der Waals surface area (Å²) in [4.78, 5) is 17.7. The first kappa shape index (κ1) is 20.0. The minimum Gasteiger partial charge on any atom is -0.494 e. The van der Waals surface area contributed by atoms with E-state index in [9.17, 15) is 4.79 Å². The minimum atomic E-state index is -0.152. The monoisotopic (exact) mass is 417 g/mol. The molecule has 4 rings (SSSR count). The quantitative estimate of drug-likeness (QED) is 0.419. The van der Waals surface area contributed by atoms with E-state index in [4.69, 9.17) is 4.74 Å². The van der Waals surface area contributed by atoms with E-state index in [1.807, 2.05) is 54.6 Å². The molecule has 0 aliphatic heterocycles. The van der Waals surface area contributed by atoms with Crippen LogP contribution in [0.4, 0.5) is 0 Å². The SMILES string of the molecule is CCCCOc1ccc(/C=c2/sc3nc(/C=C/c4ccc(C)cc4)nn3c2=O)cc1. The van der Waals surface area contributed by atoms with Gasteiger partial charge in [0.1, 0.15) is 5.75 Å². The van der Waals surface area contributed by atoms with Gasteiger partial charge in [-0.25, -0.2) is 0 Å². The van der Waals surface area contributed by atoms with Crippen molar-refractivity contribution in [3.05, 3.63) is 85.9 Å². The molecule has 2 heterocycles. The van der Waals surface area contributed by atoms with E-state index in [-0.39, 0.29) is 5.56 Å². The molecule has 5 nitrogen and oxygen atoms in total. The molecule has 0 atom stereocenters. The van der Waals surface area contributed by atoms with E-state index in [1.165, 1.54) is 21.4 Å². The average molecular weight is 418 g/mol. The van der Waals surface area contributed by atoms with Gasteiger partial charge < -0.3 is 4.74 Å². The van der Waals surface area contributed by atoms with Crippen molar-refractivity contribution in [1.82, 2.24) is 14.6 Å². The van der Waals surface area contributed by atoms with Gasteiger partial charge in [-0.15, -0.1) is 5.10 Å². The van der Waals surface area contributed by atoms with E-state index >= 15 is 0 Å². The smallest absolute Gasteiger partial charge is 0.291 e. The van der Waals surface area contributed by atoms with Crippen LogP contribution in [0.2, 0.25) is 0 Å². The summed E-state index contributed by atoms with van der Waals surface area (Å²) in [7, 11) is 0. The zero-order valence-corrected chi connectivity index (χ0v) is 17.9. The molecule has 0 saturated heterocycles. The Labute approximate surface area is 179 Å². The van der Waals surface area contributed by atoms with Crippen LogP contribution in [0.15, 0.2) is 53.3 Å². The van der Waals surface area contributed by atoms with Crippen molar-refractivity contribution in [3.63, 3.8) is 0 Å². The van der Waals surface area contributed by atoms with Gasteiger partial charge in [-0.2, -0.15) is 9.50 Å². The number of unbranched alkanes of at least 4 members (excludes halogenated alkanes) is 1. The Morgan fingerprint density at radius 2 is 1.77 bits per heavy atom. The maximum absolute atomic E-state index is 12.7. The van der Waals surface area contributed by atoms with Crippen molar-refractivity contribution in [3.8, 4) is 5.75 Å². The van der Waals surface area contributed by atoms with Gasteiger partial charge in [0, 0.05) is 0 Å². The zero-order valence-electron chi connectivity index (χ0n) is 17.0. The Kier molecular flexibility index (Phi) is 6.05. The number of thiazole rings is 1. The van der Waals surface area contributed by atoms with Crippen molar-refractivity contribution in [1.29, 1.82) is 0 Å². The summed E-state index contributed by atoms with van der Waals surface area (Å²) in [6.45, 7) is 4.91. The van der Waals surface area contributed by atoms with E-state index in [1.54, 1.807) is 0 Å². The van der Waals surface area contributed by atoms with Crippen molar-refractivity contribution < 1.29 is 4.74 Å². The molecule has 0 aliphatic carbocycles. The van der Waals surface area contributed by atoms with Gasteiger partial charge in [-0.05, 0) is 48.8 Å². The third-order valence-corrected chi connectivity index (χ3v) is 5.60. The summed E-state index contributed by atoms with van der Waals surface area (Å²) in [6, 6.07) is 15.9. The summed E-state index contributed by atoms with van der Waals surface area (Å²) in [5, 5.41) is 4.34. The molecule has 0 amide bonds. The van der Waals surface area contributed by atoms with Crippen molar-refractivity contribution >= 4 is 34.5 Å². The maximum Gasteiger partial charge on any atom is 0.291 e. The highest BCUT2D eigenvalue weighted by molar-refractivity contribution is 7.15. The van der Waals surface area contributed by atoms with E-state index < -0.39 is 0 Å². The lowest BCUT2D eigenvalue weighted by Gasteiger charge is -2.04. The van der Waals surface area contributed by atoms with Crippen LogP contribution >= 0.6 is 11.3 Å². The highest BCUT2D eigenvalue weighted by Crippen LogP contribution is 2.14. The topological polar surface area (TPSA) is 56.5 Å². The Morgan fingerprint density at radius 3 is 2.47 bits per heavy atom. The van der Waals surface area contributed by atoms with Crippen molar-refractivity contribution in [2.24, 2.45) is 0 Å². The normalized spacial score (nSPS) is 12.3. The second-order valence-corrected chi connectivity index (χ2v) is 8.10. The van der Waals surface area contributed by atoms with Crippen LogP contribution in [0.1, 0.15) is 42.3 Å². The first-order valence-corrected chi connectivity index (χ1v) is 10.8. The number of fused-ring (bicyclic) bond motifs is 1. The molecule has 0 fully saturated rings. The van der Waals surface area contributed by atoms with Gasteiger partial charge in [0.25, 0.3) is 5.56 Å². The first-order valence-electron chi connectivity index (χ1n) is 10.0. The molecule has 0 radical (unpaired) electrons. The van der Waals surface area contributed by atoms with Gasteiger partial charge in [-0.1, -0.05) is 72.7 Å². The van der Waals surface area contributed by atoms with Crippen LogP contribution in [-0.4, -0.2) is 21.2 Å². The molecular weight excluding hydrogens is 394 g/mol. The van der Waals surface area contributed by atoms with Crippen LogP contribution in [0.5, 0.6) is 5.75 Å². The van der Waals surface area contributed by atoms with Gasteiger partial charge in [0.05, 0.1) is 11.1 Å². The maximum atomic E-state index is 12.7. The molecule has 6 heteroatoms. The number of aromatic nitrogens is 3. The number of rotatable bonds is 7. The molecule has 2 aromatic carbocycles. The lowest BCUT2D eigenvalue weighted by molar-refractivity contribution is 0.309. The Morgan fingerprint density at radius 1 is 1.03 bits per heavy atom. The van der Waals surface area contributed by atoms with Crippen LogP contribution in [0, 0.1) is 6.92 Å². The second-order valence-electron chi connectivity index (χ2n) is 7.10. The third kappa shape index (κ3) is 4.66. The average Bonchev–Trinajstić information content (AvgIpc) is 3.28. The van der Waals surface area contributed by atoms with Gasteiger partial charge in [-0.3, -0.25) is 4.79 Å². The molecule has 152 valence electrons.